The standard InChI is InChI=1S/C17H23N5O2/c1-13-11-20-22(12-13)7-6-19-17(18-2)21-14-4-5-15-16(10-14)24-9-3-8-23-15/h4-5,10-12H,3,6-9H2,1-2H3,(H2,18,19,21). The molecule has 0 saturated carbocycles. The third-order valence-electron chi connectivity index (χ3n) is 3.63. The molecule has 0 radical (unpaired) electrons. The van der Waals surface area contributed by atoms with Crippen molar-refractivity contribution in [2.45, 2.75) is 19.9 Å². The van der Waals surface area contributed by atoms with E-state index in [-0.39, 0.29) is 0 Å². The number of nitrogens with one attached hydrogen (secondary N) is 2. The summed E-state index contributed by atoms with van der Waals surface area (Å²) in [5.74, 6) is 2.25. The first-order valence-corrected chi connectivity index (χ1v) is 8.11. The first-order chi connectivity index (χ1) is 11.7. The van der Waals surface area contributed by atoms with Crippen LogP contribution >= 0.6 is 0 Å². The van der Waals surface area contributed by atoms with Crippen molar-refractivity contribution in [2.24, 2.45) is 4.99 Å². The molecule has 1 aromatic carbocycles. The predicted octanol–water partition coefficient (Wildman–Crippen LogP) is 2.04. The van der Waals surface area contributed by atoms with E-state index in [2.05, 4.69) is 20.7 Å². The quantitative estimate of drug-likeness (QED) is 0.663. The number of aliphatic imine (C=N–C) groups is 1. The molecule has 0 atom stereocenters. The van der Waals surface area contributed by atoms with Crippen molar-refractivity contribution in [1.82, 2.24) is 15.1 Å². The molecule has 7 heteroatoms. The second-order valence-electron chi connectivity index (χ2n) is 5.62. The van der Waals surface area contributed by atoms with E-state index in [0.29, 0.717) is 19.2 Å². The summed E-state index contributed by atoms with van der Waals surface area (Å²) in [4.78, 5) is 4.24. The van der Waals surface area contributed by atoms with Crippen molar-refractivity contribution < 1.29 is 9.47 Å². The molecule has 2 heterocycles. The van der Waals surface area contributed by atoms with E-state index in [9.17, 15) is 0 Å². The third kappa shape index (κ3) is 4.18. The molecule has 1 aromatic heterocycles. The average molecular weight is 329 g/mol. The minimum absolute atomic E-state index is 0.673. The van der Waals surface area contributed by atoms with Crippen LogP contribution in [-0.2, 0) is 6.54 Å². The molecule has 0 amide bonds. The van der Waals surface area contributed by atoms with Gasteiger partial charge in [-0.25, -0.2) is 0 Å². The van der Waals surface area contributed by atoms with E-state index in [0.717, 1.165) is 42.3 Å². The first-order valence-electron chi connectivity index (χ1n) is 8.11. The predicted molar refractivity (Wildman–Crippen MR) is 94.0 cm³/mol. The molecule has 3 rings (SSSR count). The number of hydrogen-bond acceptors (Lipinski definition) is 4. The van der Waals surface area contributed by atoms with Crippen LogP contribution in [0.2, 0.25) is 0 Å². The lowest BCUT2D eigenvalue weighted by atomic mass is 10.3. The Balaban J connectivity index is 1.56. The summed E-state index contributed by atoms with van der Waals surface area (Å²) in [7, 11) is 1.75. The average Bonchev–Trinajstić information content (AvgIpc) is 2.86. The Labute approximate surface area is 141 Å². The van der Waals surface area contributed by atoms with Crippen LogP contribution in [0.4, 0.5) is 5.69 Å². The van der Waals surface area contributed by atoms with Crippen LogP contribution in [0, 0.1) is 6.92 Å². The summed E-state index contributed by atoms with van der Waals surface area (Å²) in [5, 5.41) is 10.8. The zero-order valence-corrected chi connectivity index (χ0v) is 14.1. The third-order valence-corrected chi connectivity index (χ3v) is 3.63. The number of hydrogen-bond donors (Lipinski definition) is 2. The number of anilines is 1. The molecule has 1 aliphatic rings. The lowest BCUT2D eigenvalue weighted by Gasteiger charge is -2.14. The molecule has 0 aliphatic carbocycles. The lowest BCUT2D eigenvalue weighted by molar-refractivity contribution is 0.297. The van der Waals surface area contributed by atoms with Gasteiger partial charge in [-0.1, -0.05) is 0 Å². The van der Waals surface area contributed by atoms with Gasteiger partial charge in [0, 0.05) is 38.0 Å². The van der Waals surface area contributed by atoms with Gasteiger partial charge >= 0.3 is 0 Å². The van der Waals surface area contributed by atoms with Crippen molar-refractivity contribution in [3.05, 3.63) is 36.2 Å². The zero-order chi connectivity index (χ0) is 16.8. The number of nitrogens with zero attached hydrogens (tertiary/aromatic N) is 3. The first kappa shape index (κ1) is 16.2. The maximum absolute atomic E-state index is 5.71. The van der Waals surface area contributed by atoms with Crippen molar-refractivity contribution in [2.75, 3.05) is 32.1 Å². The lowest BCUT2D eigenvalue weighted by Crippen LogP contribution is -2.33. The van der Waals surface area contributed by atoms with E-state index < -0.39 is 0 Å². The number of aromatic nitrogens is 2. The van der Waals surface area contributed by atoms with Gasteiger partial charge in [0.25, 0.3) is 0 Å². The molecule has 0 saturated heterocycles. The van der Waals surface area contributed by atoms with Crippen molar-refractivity contribution in [3.8, 4) is 11.5 Å². The molecule has 0 spiro atoms. The van der Waals surface area contributed by atoms with E-state index in [1.165, 1.54) is 0 Å². The molecule has 24 heavy (non-hydrogen) atoms. The van der Waals surface area contributed by atoms with Gasteiger partial charge in [-0.05, 0) is 24.6 Å². The molecule has 7 nitrogen and oxygen atoms in total. The highest BCUT2D eigenvalue weighted by Crippen LogP contribution is 2.32. The molecule has 2 N–H and O–H groups in total. The van der Waals surface area contributed by atoms with Gasteiger partial charge in [-0.3, -0.25) is 9.67 Å². The van der Waals surface area contributed by atoms with E-state index in [4.69, 9.17) is 9.47 Å². The second-order valence-corrected chi connectivity index (χ2v) is 5.62. The Morgan fingerprint density at radius 3 is 2.88 bits per heavy atom. The van der Waals surface area contributed by atoms with Crippen LogP contribution in [0.1, 0.15) is 12.0 Å². The number of fused-ring (bicyclic) bond motifs is 1. The maximum Gasteiger partial charge on any atom is 0.195 e. The Kier molecular flexibility index (Phi) is 5.20. The maximum atomic E-state index is 5.71. The summed E-state index contributed by atoms with van der Waals surface area (Å²) in [6, 6.07) is 5.81. The van der Waals surface area contributed by atoms with E-state index >= 15 is 0 Å². The van der Waals surface area contributed by atoms with Crippen molar-refractivity contribution >= 4 is 11.6 Å². The number of benzene rings is 1. The van der Waals surface area contributed by atoms with Crippen LogP contribution in [0.5, 0.6) is 11.5 Å². The van der Waals surface area contributed by atoms with Gasteiger partial charge in [0.15, 0.2) is 17.5 Å². The largest absolute Gasteiger partial charge is 0.490 e. The smallest absolute Gasteiger partial charge is 0.195 e. The van der Waals surface area contributed by atoms with Crippen LogP contribution in [0.15, 0.2) is 35.6 Å². The molecule has 2 aromatic rings. The minimum atomic E-state index is 0.673. The molecule has 1 aliphatic heterocycles. The van der Waals surface area contributed by atoms with Crippen LogP contribution in [0.25, 0.3) is 0 Å². The number of rotatable bonds is 4. The zero-order valence-electron chi connectivity index (χ0n) is 14.1. The molecule has 0 fully saturated rings. The van der Waals surface area contributed by atoms with Gasteiger partial charge in [-0.2, -0.15) is 5.10 Å². The summed E-state index contributed by atoms with van der Waals surface area (Å²) in [6.07, 6.45) is 4.76. The molecule has 0 unspecified atom stereocenters. The fraction of sp³-hybridized carbons (Fsp3) is 0.412. The highest BCUT2D eigenvalue weighted by atomic mass is 16.5. The summed E-state index contributed by atoms with van der Waals surface area (Å²) >= 11 is 0. The van der Waals surface area contributed by atoms with Crippen LogP contribution in [-0.4, -0.2) is 42.5 Å². The van der Waals surface area contributed by atoms with Gasteiger partial charge in [0.1, 0.15) is 0 Å². The fourth-order valence-electron chi connectivity index (χ4n) is 2.44. The highest BCUT2D eigenvalue weighted by Gasteiger charge is 2.11. The fourth-order valence-corrected chi connectivity index (χ4v) is 2.44. The van der Waals surface area contributed by atoms with Gasteiger partial charge in [0.2, 0.25) is 0 Å². The minimum Gasteiger partial charge on any atom is -0.490 e. The summed E-state index contributed by atoms with van der Waals surface area (Å²) in [6.45, 7) is 4.89. The van der Waals surface area contributed by atoms with Crippen molar-refractivity contribution in [1.29, 1.82) is 0 Å². The summed E-state index contributed by atoms with van der Waals surface area (Å²) < 4.78 is 13.3. The summed E-state index contributed by atoms with van der Waals surface area (Å²) in [5.41, 5.74) is 2.06. The van der Waals surface area contributed by atoms with Gasteiger partial charge in [0.05, 0.1) is 26.0 Å². The van der Waals surface area contributed by atoms with Gasteiger partial charge < -0.3 is 20.1 Å². The SMILES string of the molecule is CN=C(NCCn1cc(C)cn1)Nc1ccc2c(c1)OCCCO2. The van der Waals surface area contributed by atoms with Crippen LogP contribution in [0.3, 0.4) is 0 Å². The van der Waals surface area contributed by atoms with Crippen molar-refractivity contribution in [3.63, 3.8) is 0 Å². The monoisotopic (exact) mass is 329 g/mol. The number of aryl methyl sites for hydroxylation is 1. The number of ether oxygens (including phenoxy) is 2. The van der Waals surface area contributed by atoms with Gasteiger partial charge in [-0.15, -0.1) is 0 Å². The highest BCUT2D eigenvalue weighted by molar-refractivity contribution is 5.93. The molecule has 0 bridgehead atoms. The Morgan fingerprint density at radius 1 is 1.29 bits per heavy atom. The molecule has 128 valence electrons. The van der Waals surface area contributed by atoms with Crippen LogP contribution < -0.4 is 20.1 Å². The Hall–Kier alpha value is -2.70. The molecular weight excluding hydrogens is 306 g/mol. The topological polar surface area (TPSA) is 72.7 Å². The van der Waals surface area contributed by atoms with E-state index in [1.807, 2.05) is 42.2 Å². The second kappa shape index (κ2) is 7.72. The molecular formula is C17H23N5O2. The normalized spacial score (nSPS) is 14.2. The van der Waals surface area contributed by atoms with E-state index in [1.54, 1.807) is 7.05 Å². The Morgan fingerprint density at radius 2 is 2.12 bits per heavy atom. The number of guanidine groups is 1. The Bertz CT molecular complexity index is 711.